The molecule has 5 atom stereocenters. The highest BCUT2D eigenvalue weighted by Crippen LogP contribution is 2.56. The molecule has 2 saturated carbocycles. The van der Waals surface area contributed by atoms with Gasteiger partial charge in [0.25, 0.3) is 0 Å². The molecule has 2 aliphatic heterocycles. The molecule has 2 saturated heterocycles. The van der Waals surface area contributed by atoms with Gasteiger partial charge in [0, 0.05) is 18.7 Å². The largest absolute Gasteiger partial charge is 0.497 e. The predicted octanol–water partition coefficient (Wildman–Crippen LogP) is 3.50. The molecule has 2 aromatic carbocycles. The quantitative estimate of drug-likeness (QED) is 0.363. The van der Waals surface area contributed by atoms with Gasteiger partial charge in [0.15, 0.2) is 0 Å². The monoisotopic (exact) mass is 488 g/mol. The van der Waals surface area contributed by atoms with Crippen LogP contribution in [0.1, 0.15) is 31.2 Å². The number of hydrogen-bond donors (Lipinski definition) is 0. The summed E-state index contributed by atoms with van der Waals surface area (Å²) in [5.41, 5.74) is 1.95. The third-order valence-electron chi connectivity index (χ3n) is 8.40. The van der Waals surface area contributed by atoms with Gasteiger partial charge in [-0.1, -0.05) is 0 Å². The maximum absolute atomic E-state index is 13.2. The molecule has 0 aromatic heterocycles. The molecule has 0 unspecified atom stereocenters. The smallest absolute Gasteiger partial charge is 0.316 e. The topological polar surface area (TPSA) is 93.2 Å². The highest BCUT2D eigenvalue weighted by atomic mass is 16.5. The Kier molecular flexibility index (Phi) is 5.35. The van der Waals surface area contributed by atoms with Crippen molar-refractivity contribution < 1.29 is 28.7 Å². The molecule has 0 N–H and O–H groups in total. The molecule has 0 spiro atoms. The summed E-state index contributed by atoms with van der Waals surface area (Å²) >= 11 is 0. The first-order chi connectivity index (χ1) is 17.4. The van der Waals surface area contributed by atoms with Crippen molar-refractivity contribution in [2.75, 3.05) is 23.5 Å². The van der Waals surface area contributed by atoms with Gasteiger partial charge in [-0.3, -0.25) is 19.2 Å². The van der Waals surface area contributed by atoms with Crippen LogP contribution in [0.25, 0.3) is 0 Å². The summed E-state index contributed by atoms with van der Waals surface area (Å²) in [5.74, 6) is -0.0720. The van der Waals surface area contributed by atoms with Crippen molar-refractivity contribution in [2.24, 2.45) is 29.6 Å². The van der Waals surface area contributed by atoms with E-state index < -0.39 is 11.9 Å². The molecule has 8 heteroatoms. The zero-order valence-corrected chi connectivity index (χ0v) is 20.3. The van der Waals surface area contributed by atoms with Crippen LogP contribution in [-0.2, 0) is 19.2 Å². The van der Waals surface area contributed by atoms with Crippen molar-refractivity contribution >= 4 is 35.1 Å². The molecule has 2 aromatic rings. The van der Waals surface area contributed by atoms with Gasteiger partial charge in [-0.2, -0.15) is 0 Å². The molecule has 4 aliphatic rings. The highest BCUT2D eigenvalue weighted by Gasteiger charge is 2.61. The van der Waals surface area contributed by atoms with Crippen LogP contribution in [0.5, 0.6) is 11.5 Å². The minimum absolute atomic E-state index is 0.0732. The lowest BCUT2D eigenvalue weighted by atomic mass is 9.81. The van der Waals surface area contributed by atoms with Crippen molar-refractivity contribution in [3.05, 3.63) is 48.0 Å². The molecule has 186 valence electrons. The zero-order valence-electron chi connectivity index (χ0n) is 20.3. The van der Waals surface area contributed by atoms with Crippen LogP contribution in [0.15, 0.2) is 42.5 Å². The van der Waals surface area contributed by atoms with E-state index in [-0.39, 0.29) is 42.5 Å². The predicted molar refractivity (Wildman–Crippen MR) is 131 cm³/mol. The SMILES string of the molecule is COc1ccc(N2C[C@H](C(=O)Oc3ccc(N4C(=O)[C@H]5[C@H]6CC[C@@H](C6)[C@@H]5C4=O)c(C)c3)CC2=O)cc1. The molecule has 2 aliphatic carbocycles. The summed E-state index contributed by atoms with van der Waals surface area (Å²) in [6.07, 6.45) is 3.14. The van der Waals surface area contributed by atoms with Crippen LogP contribution in [0.3, 0.4) is 0 Å². The second-order valence-corrected chi connectivity index (χ2v) is 10.4. The van der Waals surface area contributed by atoms with E-state index >= 15 is 0 Å². The Bertz CT molecular complexity index is 1240. The van der Waals surface area contributed by atoms with Crippen molar-refractivity contribution in [1.29, 1.82) is 0 Å². The van der Waals surface area contributed by atoms with Crippen LogP contribution in [0.2, 0.25) is 0 Å². The molecular weight excluding hydrogens is 460 g/mol. The van der Waals surface area contributed by atoms with Gasteiger partial charge in [-0.05, 0) is 86.1 Å². The fourth-order valence-corrected chi connectivity index (χ4v) is 6.67. The number of ether oxygens (including phenoxy) is 2. The average Bonchev–Trinajstić information content (AvgIpc) is 3.64. The second kappa shape index (κ2) is 8.47. The molecule has 6 rings (SSSR count). The maximum atomic E-state index is 13.2. The molecule has 0 radical (unpaired) electrons. The standard InChI is InChI=1S/C28H28N2O6/c1-15-11-21(9-10-22(15)30-26(32)24-16-3-4-17(12-16)25(24)27(30)33)36-28(34)18-13-23(31)29(14-18)19-5-7-20(35-2)8-6-19/h5-11,16-18,24-25H,3-4,12-14H2,1-2H3/t16-,17-,18+,24-,25-/m0/s1. The average molecular weight is 489 g/mol. The Labute approximate surface area is 209 Å². The summed E-state index contributed by atoms with van der Waals surface area (Å²) in [6, 6.07) is 12.1. The van der Waals surface area contributed by atoms with Crippen molar-refractivity contribution in [1.82, 2.24) is 0 Å². The summed E-state index contributed by atoms with van der Waals surface area (Å²) in [6.45, 7) is 2.05. The lowest BCUT2D eigenvalue weighted by Crippen LogP contribution is -2.33. The number of nitrogens with zero attached hydrogens (tertiary/aromatic N) is 2. The van der Waals surface area contributed by atoms with E-state index in [4.69, 9.17) is 9.47 Å². The number of fused-ring (bicyclic) bond motifs is 5. The zero-order chi connectivity index (χ0) is 25.1. The lowest BCUT2D eigenvalue weighted by Gasteiger charge is -2.20. The molecule has 36 heavy (non-hydrogen) atoms. The van der Waals surface area contributed by atoms with Crippen molar-refractivity contribution in [3.8, 4) is 11.5 Å². The lowest BCUT2D eigenvalue weighted by molar-refractivity contribution is -0.139. The minimum atomic E-state index is -0.587. The molecule has 2 heterocycles. The number of amides is 3. The van der Waals surface area contributed by atoms with E-state index in [0.29, 0.717) is 40.3 Å². The number of imide groups is 1. The first kappa shape index (κ1) is 22.8. The van der Waals surface area contributed by atoms with Crippen molar-refractivity contribution in [2.45, 2.75) is 32.6 Å². The van der Waals surface area contributed by atoms with Gasteiger partial charge < -0.3 is 14.4 Å². The minimum Gasteiger partial charge on any atom is -0.497 e. The third-order valence-corrected chi connectivity index (χ3v) is 8.40. The Morgan fingerprint density at radius 3 is 2.17 bits per heavy atom. The van der Waals surface area contributed by atoms with Gasteiger partial charge in [-0.15, -0.1) is 0 Å². The van der Waals surface area contributed by atoms with Crippen molar-refractivity contribution in [3.63, 3.8) is 0 Å². The fourth-order valence-electron chi connectivity index (χ4n) is 6.67. The van der Waals surface area contributed by atoms with Crippen LogP contribution in [0.4, 0.5) is 11.4 Å². The van der Waals surface area contributed by atoms with E-state index in [1.54, 1.807) is 61.4 Å². The number of rotatable bonds is 5. The van der Waals surface area contributed by atoms with E-state index in [0.717, 1.165) is 19.3 Å². The van der Waals surface area contributed by atoms with E-state index in [2.05, 4.69) is 0 Å². The van der Waals surface area contributed by atoms with Gasteiger partial charge in [0.2, 0.25) is 17.7 Å². The number of esters is 1. The van der Waals surface area contributed by atoms with Crippen LogP contribution in [0, 0.1) is 36.5 Å². The van der Waals surface area contributed by atoms with Gasteiger partial charge in [0.1, 0.15) is 11.5 Å². The molecule has 4 fully saturated rings. The Balaban J connectivity index is 1.14. The van der Waals surface area contributed by atoms with E-state index in [9.17, 15) is 19.2 Å². The summed E-state index contributed by atoms with van der Waals surface area (Å²) in [5, 5.41) is 0. The summed E-state index contributed by atoms with van der Waals surface area (Å²) in [7, 11) is 1.58. The van der Waals surface area contributed by atoms with Crippen LogP contribution >= 0.6 is 0 Å². The number of carbonyl (C=O) groups is 4. The molecular formula is C28H28N2O6. The van der Waals surface area contributed by atoms with Gasteiger partial charge in [-0.25, -0.2) is 4.90 Å². The molecule has 8 nitrogen and oxygen atoms in total. The second-order valence-electron chi connectivity index (χ2n) is 10.4. The molecule has 3 amide bonds. The highest BCUT2D eigenvalue weighted by molar-refractivity contribution is 6.23. The summed E-state index contributed by atoms with van der Waals surface area (Å²) in [4.78, 5) is 54.7. The number of aryl methyl sites for hydroxylation is 1. The number of anilines is 2. The van der Waals surface area contributed by atoms with Gasteiger partial charge in [0.05, 0.1) is 30.6 Å². The summed E-state index contributed by atoms with van der Waals surface area (Å²) < 4.78 is 10.8. The fraction of sp³-hybridized carbons (Fsp3) is 0.429. The number of benzene rings is 2. The first-order valence-corrected chi connectivity index (χ1v) is 12.5. The van der Waals surface area contributed by atoms with E-state index in [1.165, 1.54) is 4.90 Å². The third kappa shape index (κ3) is 3.50. The number of hydrogen-bond acceptors (Lipinski definition) is 6. The number of carbonyl (C=O) groups excluding carboxylic acids is 4. The normalized spacial score (nSPS) is 28.7. The Morgan fingerprint density at radius 1 is 0.917 bits per heavy atom. The Hall–Kier alpha value is -3.68. The number of methoxy groups -OCH3 is 1. The van der Waals surface area contributed by atoms with Crippen LogP contribution < -0.4 is 19.3 Å². The van der Waals surface area contributed by atoms with Crippen LogP contribution in [-0.4, -0.2) is 37.3 Å². The van der Waals surface area contributed by atoms with E-state index in [1.807, 2.05) is 0 Å². The van der Waals surface area contributed by atoms with Gasteiger partial charge >= 0.3 is 5.97 Å². The first-order valence-electron chi connectivity index (χ1n) is 12.5. The molecule has 2 bridgehead atoms. The maximum Gasteiger partial charge on any atom is 0.316 e. The Morgan fingerprint density at radius 2 is 1.56 bits per heavy atom.